The standard InChI is InChI=1S/C11H7Cl2NO3S/c12-6-2-1-3-7(13)9(6)10-11-8(17-14-10)4-5-18(11,15)16/h1-5,8,11H/t8-,11+/m0/s1. The molecule has 3 rings (SSSR count). The molecular weight excluding hydrogens is 297 g/mol. The largest absolute Gasteiger partial charge is 0.386 e. The van der Waals surface area contributed by atoms with Gasteiger partial charge in [0.1, 0.15) is 5.71 Å². The van der Waals surface area contributed by atoms with Crippen LogP contribution in [0, 0.1) is 0 Å². The van der Waals surface area contributed by atoms with Crippen molar-refractivity contribution in [1.29, 1.82) is 0 Å². The Labute approximate surface area is 114 Å². The third-order valence-corrected chi connectivity index (χ3v) is 5.24. The number of halogens is 2. The predicted octanol–water partition coefficient (Wildman–Crippen LogP) is 2.41. The van der Waals surface area contributed by atoms with Crippen molar-refractivity contribution in [2.24, 2.45) is 5.16 Å². The second-order valence-corrected chi connectivity index (χ2v) is 6.75. The van der Waals surface area contributed by atoms with E-state index in [1.54, 1.807) is 18.2 Å². The highest BCUT2D eigenvalue weighted by Gasteiger charge is 2.47. The molecule has 2 aliphatic heterocycles. The van der Waals surface area contributed by atoms with Gasteiger partial charge in [0, 0.05) is 11.0 Å². The number of nitrogens with zero attached hydrogens (tertiary/aromatic N) is 1. The molecule has 0 saturated heterocycles. The Morgan fingerprint density at radius 2 is 1.89 bits per heavy atom. The number of oxime groups is 1. The van der Waals surface area contributed by atoms with Crippen LogP contribution in [0.2, 0.25) is 10.0 Å². The van der Waals surface area contributed by atoms with Crippen molar-refractivity contribution in [1.82, 2.24) is 0 Å². The molecule has 7 heteroatoms. The van der Waals surface area contributed by atoms with Crippen LogP contribution in [0.4, 0.5) is 0 Å². The zero-order chi connectivity index (χ0) is 12.9. The smallest absolute Gasteiger partial charge is 0.184 e. The van der Waals surface area contributed by atoms with Gasteiger partial charge in [0.05, 0.1) is 10.0 Å². The lowest BCUT2D eigenvalue weighted by atomic mass is 10.0. The summed E-state index contributed by atoms with van der Waals surface area (Å²) in [7, 11) is -3.41. The van der Waals surface area contributed by atoms with E-state index in [2.05, 4.69) is 5.16 Å². The normalized spacial score (nSPS) is 27.8. The summed E-state index contributed by atoms with van der Waals surface area (Å²) in [5, 5.41) is 4.82. The van der Waals surface area contributed by atoms with E-state index >= 15 is 0 Å². The molecular formula is C11H7Cl2NO3S. The molecule has 0 bridgehead atoms. The lowest BCUT2D eigenvalue weighted by molar-refractivity contribution is 0.123. The molecule has 1 aromatic carbocycles. The first kappa shape index (κ1) is 12.0. The quantitative estimate of drug-likeness (QED) is 0.800. The molecule has 4 nitrogen and oxygen atoms in total. The Kier molecular flexibility index (Phi) is 2.66. The van der Waals surface area contributed by atoms with Gasteiger partial charge in [-0.05, 0) is 18.2 Å². The van der Waals surface area contributed by atoms with Crippen molar-refractivity contribution < 1.29 is 13.3 Å². The fourth-order valence-corrected chi connectivity index (χ4v) is 4.18. The van der Waals surface area contributed by atoms with E-state index in [9.17, 15) is 8.42 Å². The maximum atomic E-state index is 11.9. The number of sulfone groups is 1. The van der Waals surface area contributed by atoms with E-state index in [-0.39, 0.29) is 5.71 Å². The lowest BCUT2D eigenvalue weighted by Crippen LogP contribution is -2.31. The number of fused-ring (bicyclic) bond motifs is 1. The summed E-state index contributed by atoms with van der Waals surface area (Å²) in [6.07, 6.45) is 0.888. The number of benzene rings is 1. The van der Waals surface area contributed by atoms with Crippen LogP contribution in [-0.4, -0.2) is 25.5 Å². The minimum atomic E-state index is -3.41. The topological polar surface area (TPSA) is 55.7 Å². The van der Waals surface area contributed by atoms with Crippen LogP contribution < -0.4 is 0 Å². The summed E-state index contributed by atoms with van der Waals surface area (Å²) in [5.41, 5.74) is 0.682. The monoisotopic (exact) mass is 303 g/mol. The second kappa shape index (κ2) is 3.98. The molecule has 0 saturated carbocycles. The van der Waals surface area contributed by atoms with Crippen LogP contribution in [0.3, 0.4) is 0 Å². The van der Waals surface area contributed by atoms with Crippen LogP contribution in [0.25, 0.3) is 0 Å². The SMILES string of the molecule is O=S1(=O)C=C[C@@H]2ON=C(c3c(Cl)cccc3Cl)[C@@H]21. The zero-order valence-corrected chi connectivity index (χ0v) is 11.2. The highest BCUT2D eigenvalue weighted by molar-refractivity contribution is 7.96. The van der Waals surface area contributed by atoms with E-state index in [0.717, 1.165) is 5.41 Å². The molecule has 0 amide bonds. The van der Waals surface area contributed by atoms with E-state index in [1.165, 1.54) is 6.08 Å². The molecule has 2 atom stereocenters. The third-order valence-electron chi connectivity index (χ3n) is 2.87. The van der Waals surface area contributed by atoms with Gasteiger partial charge in [-0.2, -0.15) is 0 Å². The molecule has 0 aromatic heterocycles. The zero-order valence-electron chi connectivity index (χ0n) is 8.88. The van der Waals surface area contributed by atoms with E-state index in [4.69, 9.17) is 28.0 Å². The van der Waals surface area contributed by atoms with E-state index in [0.29, 0.717) is 15.6 Å². The van der Waals surface area contributed by atoms with Gasteiger partial charge in [0.2, 0.25) is 0 Å². The molecule has 94 valence electrons. The van der Waals surface area contributed by atoms with Gasteiger partial charge in [-0.1, -0.05) is 34.4 Å². The molecule has 0 N–H and O–H groups in total. The molecule has 2 aliphatic rings. The maximum Gasteiger partial charge on any atom is 0.184 e. The van der Waals surface area contributed by atoms with Crippen molar-refractivity contribution in [3.63, 3.8) is 0 Å². The van der Waals surface area contributed by atoms with Gasteiger partial charge >= 0.3 is 0 Å². The summed E-state index contributed by atoms with van der Waals surface area (Å²) in [4.78, 5) is 5.09. The lowest BCUT2D eigenvalue weighted by Gasteiger charge is -2.11. The van der Waals surface area contributed by atoms with Gasteiger partial charge in [-0.15, -0.1) is 0 Å². The number of rotatable bonds is 1. The molecule has 2 heterocycles. The maximum absolute atomic E-state index is 11.9. The minimum Gasteiger partial charge on any atom is -0.386 e. The molecule has 18 heavy (non-hydrogen) atoms. The van der Waals surface area contributed by atoms with Gasteiger partial charge in [0.15, 0.2) is 21.2 Å². The average Bonchev–Trinajstić information content (AvgIpc) is 2.82. The molecule has 1 aromatic rings. The van der Waals surface area contributed by atoms with Crippen molar-refractivity contribution in [2.75, 3.05) is 0 Å². The average molecular weight is 304 g/mol. The highest BCUT2D eigenvalue weighted by atomic mass is 35.5. The van der Waals surface area contributed by atoms with Crippen LogP contribution >= 0.6 is 23.2 Å². The Bertz CT molecular complexity index is 661. The highest BCUT2D eigenvalue weighted by Crippen LogP contribution is 2.35. The van der Waals surface area contributed by atoms with Gasteiger partial charge in [0.25, 0.3) is 0 Å². The fourth-order valence-electron chi connectivity index (χ4n) is 2.06. The minimum absolute atomic E-state index is 0.264. The summed E-state index contributed by atoms with van der Waals surface area (Å²) < 4.78 is 23.8. The number of hydrogen-bond acceptors (Lipinski definition) is 4. The summed E-state index contributed by atoms with van der Waals surface area (Å²) in [5.74, 6) is 0. The first-order chi connectivity index (χ1) is 8.50. The van der Waals surface area contributed by atoms with Crippen molar-refractivity contribution in [3.05, 3.63) is 45.3 Å². The van der Waals surface area contributed by atoms with Crippen molar-refractivity contribution in [3.8, 4) is 0 Å². The van der Waals surface area contributed by atoms with Crippen molar-refractivity contribution in [2.45, 2.75) is 11.4 Å². The Hall–Kier alpha value is -1.04. The van der Waals surface area contributed by atoms with Crippen LogP contribution in [0.1, 0.15) is 5.56 Å². The molecule has 0 radical (unpaired) electrons. The molecule has 0 unspecified atom stereocenters. The summed E-state index contributed by atoms with van der Waals surface area (Å²) >= 11 is 12.1. The molecule has 0 fully saturated rings. The first-order valence-electron chi connectivity index (χ1n) is 5.11. The van der Waals surface area contributed by atoms with Crippen LogP contribution in [0.15, 0.2) is 34.8 Å². The molecule has 0 spiro atoms. The van der Waals surface area contributed by atoms with E-state index < -0.39 is 21.2 Å². The van der Waals surface area contributed by atoms with Crippen LogP contribution in [0.5, 0.6) is 0 Å². The number of hydrogen-bond donors (Lipinski definition) is 0. The van der Waals surface area contributed by atoms with Gasteiger partial charge < -0.3 is 4.84 Å². The third kappa shape index (κ3) is 1.66. The Morgan fingerprint density at radius 1 is 1.22 bits per heavy atom. The predicted molar refractivity (Wildman–Crippen MR) is 69.7 cm³/mol. The summed E-state index contributed by atoms with van der Waals surface area (Å²) in [6.45, 7) is 0. The van der Waals surface area contributed by atoms with Gasteiger partial charge in [-0.3, -0.25) is 0 Å². The first-order valence-corrected chi connectivity index (χ1v) is 7.47. The second-order valence-electron chi connectivity index (χ2n) is 3.98. The van der Waals surface area contributed by atoms with Crippen molar-refractivity contribution >= 4 is 38.8 Å². The van der Waals surface area contributed by atoms with Gasteiger partial charge in [-0.25, -0.2) is 8.42 Å². The Morgan fingerprint density at radius 3 is 2.56 bits per heavy atom. The summed E-state index contributed by atoms with van der Waals surface area (Å²) in [6, 6.07) is 4.95. The van der Waals surface area contributed by atoms with Crippen LogP contribution in [-0.2, 0) is 14.7 Å². The Balaban J connectivity index is 2.15. The fraction of sp³-hybridized carbons (Fsp3) is 0.182. The molecule has 0 aliphatic carbocycles. The van der Waals surface area contributed by atoms with E-state index in [1.807, 2.05) is 0 Å².